The maximum absolute atomic E-state index is 12.7. The van der Waals surface area contributed by atoms with Gasteiger partial charge >= 0.3 is 18.3 Å². The molecule has 0 spiro atoms. The van der Waals surface area contributed by atoms with Gasteiger partial charge in [0.05, 0.1) is 17.9 Å². The van der Waals surface area contributed by atoms with Crippen molar-refractivity contribution in [3.63, 3.8) is 0 Å². The van der Waals surface area contributed by atoms with E-state index < -0.39 is 43.0 Å². The standard InChI is InChI=1S/C10H8BrF3N2.C10H9BrF3NO2/c11-9-4-3-7(6-16-9)8(2-1-5-15)10(12,13)14;11-8-3-1-6(5-15-8)7(10(12,13)14)2-4-9(16)17/h3-4,6,8H,1-2H2;1,3,5,7H,2,4H2,(H,16,17). The van der Waals surface area contributed by atoms with Crippen molar-refractivity contribution in [2.24, 2.45) is 0 Å². The Hall–Kier alpha value is -2.20. The summed E-state index contributed by atoms with van der Waals surface area (Å²) in [7, 11) is 0. The number of aliphatic carboxylic acids is 1. The second-order valence-electron chi connectivity index (χ2n) is 6.65. The molecule has 0 aliphatic heterocycles. The van der Waals surface area contributed by atoms with Crippen LogP contribution in [0.5, 0.6) is 0 Å². The lowest BCUT2D eigenvalue weighted by Crippen LogP contribution is -2.22. The average molecular weight is 605 g/mol. The Morgan fingerprint density at radius 1 is 0.909 bits per heavy atom. The molecule has 2 aromatic rings. The first-order valence-corrected chi connectivity index (χ1v) is 10.8. The van der Waals surface area contributed by atoms with E-state index in [0.717, 1.165) is 6.20 Å². The number of nitrogens with zero attached hydrogens (tertiary/aromatic N) is 3. The Kier molecular flexibility index (Phi) is 11.3. The SMILES string of the molecule is N#CCCC(c1ccc(Br)nc1)C(F)(F)F.O=C(O)CCC(c1ccc(Br)nc1)C(F)(F)F. The van der Waals surface area contributed by atoms with Gasteiger partial charge in [-0.2, -0.15) is 31.6 Å². The molecule has 2 rings (SSSR count). The van der Waals surface area contributed by atoms with E-state index in [-0.39, 0.29) is 24.0 Å². The maximum Gasteiger partial charge on any atom is 0.395 e. The van der Waals surface area contributed by atoms with Gasteiger partial charge < -0.3 is 5.11 Å². The van der Waals surface area contributed by atoms with Crippen molar-refractivity contribution in [2.45, 2.75) is 49.9 Å². The first-order valence-electron chi connectivity index (χ1n) is 9.20. The summed E-state index contributed by atoms with van der Waals surface area (Å²) < 4.78 is 77.1. The van der Waals surface area contributed by atoms with E-state index in [2.05, 4.69) is 41.8 Å². The molecule has 2 heterocycles. The highest BCUT2D eigenvalue weighted by Gasteiger charge is 2.41. The van der Waals surface area contributed by atoms with E-state index in [1.807, 2.05) is 0 Å². The Labute approximate surface area is 202 Å². The average Bonchev–Trinajstić information content (AvgIpc) is 2.69. The molecule has 0 bridgehead atoms. The summed E-state index contributed by atoms with van der Waals surface area (Å²) in [4.78, 5) is 17.8. The van der Waals surface area contributed by atoms with E-state index >= 15 is 0 Å². The first-order chi connectivity index (χ1) is 15.3. The molecular formula is C20H17Br2F6N3O2. The molecule has 0 saturated heterocycles. The highest BCUT2D eigenvalue weighted by molar-refractivity contribution is 9.10. The van der Waals surface area contributed by atoms with Gasteiger partial charge in [-0.1, -0.05) is 12.1 Å². The van der Waals surface area contributed by atoms with Crippen molar-refractivity contribution in [2.75, 3.05) is 0 Å². The summed E-state index contributed by atoms with van der Waals surface area (Å²) in [5.74, 6) is -4.66. The Morgan fingerprint density at radius 3 is 1.64 bits per heavy atom. The highest BCUT2D eigenvalue weighted by atomic mass is 79.9. The molecule has 2 atom stereocenters. The Balaban J connectivity index is 0.000000331. The first kappa shape index (κ1) is 28.8. The van der Waals surface area contributed by atoms with Crippen molar-refractivity contribution in [1.82, 2.24) is 9.97 Å². The minimum absolute atomic E-state index is 0.0260. The summed E-state index contributed by atoms with van der Waals surface area (Å²) in [5.41, 5.74) is 0.0629. The van der Waals surface area contributed by atoms with Gasteiger partial charge in [0.25, 0.3) is 0 Å². The van der Waals surface area contributed by atoms with Crippen LogP contribution in [0.3, 0.4) is 0 Å². The fraction of sp³-hybridized carbons (Fsp3) is 0.400. The fourth-order valence-corrected chi connectivity index (χ4v) is 3.17. The number of aromatic nitrogens is 2. The van der Waals surface area contributed by atoms with Crippen LogP contribution in [0.2, 0.25) is 0 Å². The number of carboxylic acids is 1. The highest BCUT2D eigenvalue weighted by Crippen LogP contribution is 2.39. The quantitative estimate of drug-likeness (QED) is 0.268. The number of rotatable bonds is 7. The lowest BCUT2D eigenvalue weighted by atomic mass is 9.95. The predicted molar refractivity (Wildman–Crippen MR) is 113 cm³/mol. The van der Waals surface area contributed by atoms with E-state index in [1.165, 1.54) is 30.5 Å². The van der Waals surface area contributed by atoms with E-state index in [1.54, 1.807) is 6.07 Å². The molecular weight excluding hydrogens is 588 g/mol. The number of nitriles is 1. The van der Waals surface area contributed by atoms with E-state index in [9.17, 15) is 31.1 Å². The smallest absolute Gasteiger partial charge is 0.395 e. The summed E-state index contributed by atoms with van der Waals surface area (Å²) in [6, 6.07) is 7.23. The molecule has 1 N–H and O–H groups in total. The third-order valence-electron chi connectivity index (χ3n) is 4.29. The predicted octanol–water partition coefficient (Wildman–Crippen LogP) is 7.15. The molecule has 0 fully saturated rings. The third kappa shape index (κ3) is 10.5. The van der Waals surface area contributed by atoms with Crippen molar-refractivity contribution >= 4 is 37.8 Å². The van der Waals surface area contributed by atoms with Gasteiger partial charge in [0.1, 0.15) is 9.21 Å². The van der Waals surface area contributed by atoms with E-state index in [4.69, 9.17) is 10.4 Å². The van der Waals surface area contributed by atoms with Crippen LogP contribution >= 0.6 is 31.9 Å². The molecule has 0 aliphatic carbocycles. The number of hydrogen-bond acceptors (Lipinski definition) is 4. The zero-order valence-corrected chi connectivity index (χ0v) is 19.8. The van der Waals surface area contributed by atoms with Gasteiger partial charge in [-0.3, -0.25) is 4.79 Å². The molecule has 0 aromatic carbocycles. The van der Waals surface area contributed by atoms with Crippen LogP contribution in [-0.2, 0) is 4.79 Å². The lowest BCUT2D eigenvalue weighted by molar-refractivity contribution is -0.155. The van der Waals surface area contributed by atoms with Crippen molar-refractivity contribution in [1.29, 1.82) is 5.26 Å². The number of carbonyl (C=O) groups is 1. The van der Waals surface area contributed by atoms with Crippen molar-refractivity contribution < 1.29 is 36.2 Å². The summed E-state index contributed by atoms with van der Waals surface area (Å²) in [5, 5.41) is 16.8. The van der Waals surface area contributed by atoms with Gasteiger partial charge in [0.2, 0.25) is 0 Å². The zero-order valence-electron chi connectivity index (χ0n) is 16.7. The summed E-state index contributed by atoms with van der Waals surface area (Å²) >= 11 is 6.07. The number of alkyl halides is 6. The Morgan fingerprint density at radius 2 is 1.33 bits per heavy atom. The molecule has 0 amide bonds. The monoisotopic (exact) mass is 603 g/mol. The van der Waals surface area contributed by atoms with Crippen molar-refractivity contribution in [3.8, 4) is 6.07 Å². The van der Waals surface area contributed by atoms with Gasteiger partial charge in [-0.05, 0) is 68.0 Å². The van der Waals surface area contributed by atoms with Gasteiger partial charge in [-0.25, -0.2) is 9.97 Å². The van der Waals surface area contributed by atoms with Gasteiger partial charge in [0, 0.05) is 25.2 Å². The lowest BCUT2D eigenvalue weighted by Gasteiger charge is -2.19. The summed E-state index contributed by atoms with van der Waals surface area (Å²) in [6.45, 7) is 0. The zero-order chi connectivity index (χ0) is 25.2. The maximum atomic E-state index is 12.7. The second kappa shape index (κ2) is 12.9. The van der Waals surface area contributed by atoms with Gasteiger partial charge in [-0.15, -0.1) is 0 Å². The second-order valence-corrected chi connectivity index (χ2v) is 8.27. The topological polar surface area (TPSA) is 86.9 Å². The molecule has 2 aromatic heterocycles. The molecule has 5 nitrogen and oxygen atoms in total. The van der Waals surface area contributed by atoms with Crippen LogP contribution < -0.4 is 0 Å². The molecule has 0 saturated carbocycles. The molecule has 180 valence electrons. The molecule has 33 heavy (non-hydrogen) atoms. The molecule has 0 aliphatic rings. The minimum atomic E-state index is -4.47. The molecule has 0 radical (unpaired) electrons. The minimum Gasteiger partial charge on any atom is -0.481 e. The Bertz CT molecular complexity index is 929. The van der Waals surface area contributed by atoms with Crippen molar-refractivity contribution in [3.05, 3.63) is 57.0 Å². The van der Waals surface area contributed by atoms with Crippen LogP contribution in [0.4, 0.5) is 26.3 Å². The fourth-order valence-electron chi connectivity index (χ4n) is 2.70. The number of pyridine rings is 2. The largest absolute Gasteiger partial charge is 0.481 e. The normalized spacial score (nSPS) is 13.3. The molecule has 13 heteroatoms. The summed E-state index contributed by atoms with van der Waals surface area (Å²) in [6.07, 6.45) is -7.90. The van der Waals surface area contributed by atoms with Crippen LogP contribution in [0.15, 0.2) is 45.9 Å². The van der Waals surface area contributed by atoms with Crippen LogP contribution in [0, 0.1) is 11.3 Å². The number of hydrogen-bond donors (Lipinski definition) is 1. The van der Waals surface area contributed by atoms with Crippen LogP contribution in [0.1, 0.15) is 48.6 Å². The third-order valence-corrected chi connectivity index (χ3v) is 5.23. The number of halogens is 8. The van der Waals surface area contributed by atoms with Crippen LogP contribution in [0.25, 0.3) is 0 Å². The van der Waals surface area contributed by atoms with Gasteiger partial charge in [0.15, 0.2) is 0 Å². The molecule has 2 unspecified atom stereocenters. The number of carboxylic acid groups (broad SMARTS) is 1. The van der Waals surface area contributed by atoms with E-state index in [0.29, 0.717) is 9.21 Å². The van der Waals surface area contributed by atoms with Crippen LogP contribution in [-0.4, -0.2) is 33.4 Å².